The zero-order valence-electron chi connectivity index (χ0n) is 12.2. The maximum atomic E-state index is 12.0. The lowest BCUT2D eigenvalue weighted by Crippen LogP contribution is -2.43. The first-order valence-corrected chi connectivity index (χ1v) is 7.20. The van der Waals surface area contributed by atoms with E-state index in [4.69, 9.17) is 5.73 Å². The molecule has 1 aliphatic carbocycles. The maximum absolute atomic E-state index is 12.0. The average molecular weight is 269 g/mol. The predicted octanol–water partition coefficient (Wildman–Crippen LogP) is 0.638. The molecule has 0 heterocycles. The molecular weight excluding hydrogens is 242 g/mol. The van der Waals surface area contributed by atoms with E-state index in [-0.39, 0.29) is 30.3 Å². The van der Waals surface area contributed by atoms with Gasteiger partial charge < -0.3 is 16.4 Å². The molecule has 0 aromatic carbocycles. The zero-order valence-corrected chi connectivity index (χ0v) is 12.2. The van der Waals surface area contributed by atoms with E-state index in [0.717, 1.165) is 19.3 Å². The summed E-state index contributed by atoms with van der Waals surface area (Å²) in [6.07, 6.45) is 2.53. The summed E-state index contributed by atoms with van der Waals surface area (Å²) in [5, 5.41) is 5.50. The largest absolute Gasteiger partial charge is 0.354 e. The van der Waals surface area contributed by atoms with Gasteiger partial charge in [0.2, 0.25) is 11.8 Å². The Morgan fingerprint density at radius 3 is 2.53 bits per heavy atom. The molecule has 4 N–H and O–H groups in total. The second kappa shape index (κ2) is 7.48. The first-order chi connectivity index (χ1) is 8.90. The maximum Gasteiger partial charge on any atom is 0.239 e. The van der Waals surface area contributed by atoms with Crippen molar-refractivity contribution in [2.24, 2.45) is 23.5 Å². The molecular formula is C14H27N3O2. The standard InChI is InChI=1S/C14H27N3O2/c1-9(2)7-16-13(18)8-17-14(19)11-4-5-12(15)10(3)6-11/h9-12H,4-8,15H2,1-3H3,(H,16,18)(H,17,19). The first-order valence-electron chi connectivity index (χ1n) is 7.20. The van der Waals surface area contributed by atoms with Crippen molar-refractivity contribution in [2.45, 2.75) is 46.1 Å². The summed E-state index contributed by atoms with van der Waals surface area (Å²) >= 11 is 0. The monoisotopic (exact) mass is 269 g/mol. The Morgan fingerprint density at radius 2 is 1.95 bits per heavy atom. The van der Waals surface area contributed by atoms with E-state index in [1.807, 2.05) is 13.8 Å². The second-order valence-corrected chi connectivity index (χ2v) is 6.07. The van der Waals surface area contributed by atoms with Gasteiger partial charge in [-0.3, -0.25) is 9.59 Å². The molecule has 1 rings (SSSR count). The molecule has 19 heavy (non-hydrogen) atoms. The van der Waals surface area contributed by atoms with Crippen LogP contribution in [0.1, 0.15) is 40.0 Å². The number of rotatable bonds is 5. The summed E-state index contributed by atoms with van der Waals surface area (Å²) < 4.78 is 0. The van der Waals surface area contributed by atoms with Crippen molar-refractivity contribution < 1.29 is 9.59 Å². The summed E-state index contributed by atoms with van der Waals surface area (Å²) in [5.41, 5.74) is 5.93. The van der Waals surface area contributed by atoms with Gasteiger partial charge in [0, 0.05) is 18.5 Å². The van der Waals surface area contributed by atoms with Crippen LogP contribution in [0.25, 0.3) is 0 Å². The van der Waals surface area contributed by atoms with Crippen LogP contribution in [0.3, 0.4) is 0 Å². The van der Waals surface area contributed by atoms with Crippen LogP contribution in [0.15, 0.2) is 0 Å². The summed E-state index contributed by atoms with van der Waals surface area (Å²) in [5.74, 6) is 0.661. The van der Waals surface area contributed by atoms with Crippen LogP contribution in [0.5, 0.6) is 0 Å². The highest BCUT2D eigenvalue weighted by Gasteiger charge is 2.29. The molecule has 0 aliphatic heterocycles. The van der Waals surface area contributed by atoms with Crippen LogP contribution in [-0.2, 0) is 9.59 Å². The molecule has 1 fully saturated rings. The van der Waals surface area contributed by atoms with Crippen molar-refractivity contribution in [1.29, 1.82) is 0 Å². The Balaban J connectivity index is 2.26. The van der Waals surface area contributed by atoms with E-state index in [1.165, 1.54) is 0 Å². The predicted molar refractivity (Wildman–Crippen MR) is 75.3 cm³/mol. The lowest BCUT2D eigenvalue weighted by molar-refractivity contribution is -0.129. The topological polar surface area (TPSA) is 84.2 Å². The number of hydrogen-bond acceptors (Lipinski definition) is 3. The third kappa shape index (κ3) is 5.59. The summed E-state index contributed by atoms with van der Waals surface area (Å²) in [4.78, 5) is 23.5. The highest BCUT2D eigenvalue weighted by Crippen LogP contribution is 2.27. The first kappa shape index (κ1) is 16.0. The highest BCUT2D eigenvalue weighted by atomic mass is 16.2. The van der Waals surface area contributed by atoms with Crippen molar-refractivity contribution in [3.63, 3.8) is 0 Å². The van der Waals surface area contributed by atoms with Gasteiger partial charge in [0.05, 0.1) is 6.54 Å². The number of hydrogen-bond donors (Lipinski definition) is 3. The van der Waals surface area contributed by atoms with E-state index < -0.39 is 0 Å². The molecule has 5 nitrogen and oxygen atoms in total. The van der Waals surface area contributed by atoms with Crippen LogP contribution < -0.4 is 16.4 Å². The number of amides is 2. The molecule has 0 saturated heterocycles. The Hall–Kier alpha value is -1.10. The Kier molecular flexibility index (Phi) is 6.28. The summed E-state index contributed by atoms with van der Waals surface area (Å²) in [6, 6.07) is 0.207. The van der Waals surface area contributed by atoms with Crippen molar-refractivity contribution in [3.8, 4) is 0 Å². The lowest BCUT2D eigenvalue weighted by Gasteiger charge is -2.30. The number of carbonyl (C=O) groups excluding carboxylic acids is 2. The quantitative estimate of drug-likeness (QED) is 0.684. The van der Waals surface area contributed by atoms with E-state index in [9.17, 15) is 9.59 Å². The fourth-order valence-electron chi connectivity index (χ4n) is 2.35. The molecule has 3 unspecified atom stereocenters. The van der Waals surface area contributed by atoms with E-state index in [1.54, 1.807) is 0 Å². The third-order valence-corrected chi connectivity index (χ3v) is 3.74. The van der Waals surface area contributed by atoms with Gasteiger partial charge >= 0.3 is 0 Å². The van der Waals surface area contributed by atoms with E-state index in [2.05, 4.69) is 17.6 Å². The van der Waals surface area contributed by atoms with Crippen molar-refractivity contribution in [3.05, 3.63) is 0 Å². The fraction of sp³-hybridized carbons (Fsp3) is 0.857. The number of nitrogens with two attached hydrogens (primary N) is 1. The Morgan fingerprint density at radius 1 is 1.26 bits per heavy atom. The summed E-state index contributed by atoms with van der Waals surface area (Å²) in [7, 11) is 0. The third-order valence-electron chi connectivity index (χ3n) is 3.74. The van der Waals surface area contributed by atoms with Crippen LogP contribution in [-0.4, -0.2) is 30.9 Å². The van der Waals surface area contributed by atoms with Gasteiger partial charge in [0.15, 0.2) is 0 Å². The van der Waals surface area contributed by atoms with Crippen LogP contribution in [0, 0.1) is 17.8 Å². The molecule has 0 aromatic heterocycles. The van der Waals surface area contributed by atoms with Crippen molar-refractivity contribution in [1.82, 2.24) is 10.6 Å². The Labute approximate surface area is 115 Å². The van der Waals surface area contributed by atoms with Gasteiger partial charge in [0.25, 0.3) is 0 Å². The van der Waals surface area contributed by atoms with Gasteiger partial charge in [-0.1, -0.05) is 20.8 Å². The van der Waals surface area contributed by atoms with Gasteiger partial charge in [0.1, 0.15) is 0 Å². The van der Waals surface area contributed by atoms with Crippen molar-refractivity contribution >= 4 is 11.8 Å². The SMILES string of the molecule is CC(C)CNC(=O)CNC(=O)C1CCC(N)C(C)C1. The Bertz CT molecular complexity index is 318. The summed E-state index contributed by atoms with van der Waals surface area (Å²) in [6.45, 7) is 6.86. The minimum Gasteiger partial charge on any atom is -0.354 e. The van der Waals surface area contributed by atoms with Crippen LogP contribution in [0.2, 0.25) is 0 Å². The molecule has 0 bridgehead atoms. The smallest absolute Gasteiger partial charge is 0.239 e. The second-order valence-electron chi connectivity index (χ2n) is 6.07. The van der Waals surface area contributed by atoms with Gasteiger partial charge in [-0.2, -0.15) is 0 Å². The zero-order chi connectivity index (χ0) is 14.4. The lowest BCUT2D eigenvalue weighted by atomic mass is 9.79. The highest BCUT2D eigenvalue weighted by molar-refractivity contribution is 5.85. The van der Waals surface area contributed by atoms with Crippen LogP contribution >= 0.6 is 0 Å². The molecule has 5 heteroatoms. The average Bonchev–Trinajstić information content (AvgIpc) is 2.36. The minimum absolute atomic E-state index is 0.00713. The van der Waals surface area contributed by atoms with Crippen LogP contribution in [0.4, 0.5) is 0 Å². The van der Waals surface area contributed by atoms with E-state index in [0.29, 0.717) is 18.4 Å². The van der Waals surface area contributed by atoms with Gasteiger partial charge in [-0.15, -0.1) is 0 Å². The van der Waals surface area contributed by atoms with Crippen molar-refractivity contribution in [2.75, 3.05) is 13.1 Å². The molecule has 1 saturated carbocycles. The minimum atomic E-state index is -0.123. The number of nitrogens with one attached hydrogen (secondary N) is 2. The molecule has 2 amide bonds. The van der Waals surface area contributed by atoms with E-state index >= 15 is 0 Å². The normalized spacial score (nSPS) is 27.1. The fourth-order valence-corrected chi connectivity index (χ4v) is 2.35. The molecule has 3 atom stereocenters. The molecule has 110 valence electrons. The van der Waals surface area contributed by atoms with Gasteiger partial charge in [-0.05, 0) is 31.1 Å². The molecule has 1 aliphatic rings. The molecule has 0 aromatic rings. The van der Waals surface area contributed by atoms with Gasteiger partial charge in [-0.25, -0.2) is 0 Å². The number of carbonyl (C=O) groups is 2. The molecule has 0 radical (unpaired) electrons. The molecule has 0 spiro atoms.